The molecular weight excluding hydrogens is 292 g/mol. The van der Waals surface area contributed by atoms with Gasteiger partial charge in [0.2, 0.25) is 11.8 Å². The third kappa shape index (κ3) is 3.70. The summed E-state index contributed by atoms with van der Waals surface area (Å²) in [4.78, 5) is 37.8. The second-order valence-corrected chi connectivity index (χ2v) is 6.56. The Morgan fingerprint density at radius 2 is 1.95 bits per heavy atom. The first-order valence-electron chi connectivity index (χ1n) is 7.31. The van der Waals surface area contributed by atoms with Gasteiger partial charge >= 0.3 is 5.97 Å². The Morgan fingerprint density at radius 3 is 2.57 bits per heavy atom. The number of hydrogen-bond acceptors (Lipinski definition) is 5. The van der Waals surface area contributed by atoms with Crippen LogP contribution in [0.5, 0.6) is 0 Å². The molecule has 1 heterocycles. The lowest BCUT2D eigenvalue weighted by molar-refractivity contribution is -0.146. The molecule has 1 aliphatic heterocycles. The monoisotopic (exact) mass is 314 g/mol. The Labute approximate surface area is 129 Å². The Kier molecular flexibility index (Phi) is 5.50. The molecule has 21 heavy (non-hydrogen) atoms. The van der Waals surface area contributed by atoms with Gasteiger partial charge in [0.15, 0.2) is 0 Å². The van der Waals surface area contributed by atoms with Crippen molar-refractivity contribution in [2.24, 2.45) is 5.92 Å². The van der Waals surface area contributed by atoms with Crippen molar-refractivity contribution in [2.75, 3.05) is 18.7 Å². The number of nitrogens with one attached hydrogen (secondary N) is 1. The van der Waals surface area contributed by atoms with E-state index in [0.717, 1.165) is 25.7 Å². The van der Waals surface area contributed by atoms with E-state index >= 15 is 0 Å². The molecule has 0 aromatic carbocycles. The van der Waals surface area contributed by atoms with Crippen LogP contribution in [0.15, 0.2) is 0 Å². The molecule has 2 rings (SSSR count). The molecule has 2 amide bonds. The van der Waals surface area contributed by atoms with Crippen LogP contribution in [-0.2, 0) is 19.1 Å². The number of rotatable bonds is 4. The number of thioether (sulfide) groups is 1. The van der Waals surface area contributed by atoms with Crippen molar-refractivity contribution < 1.29 is 19.1 Å². The molecule has 1 saturated carbocycles. The molecule has 7 heteroatoms. The highest BCUT2D eigenvalue weighted by Crippen LogP contribution is 2.30. The van der Waals surface area contributed by atoms with Crippen molar-refractivity contribution in [1.29, 1.82) is 0 Å². The average molecular weight is 314 g/mol. The Balaban J connectivity index is 1.95. The first-order chi connectivity index (χ1) is 10.0. The highest BCUT2D eigenvalue weighted by Gasteiger charge is 2.38. The van der Waals surface area contributed by atoms with Gasteiger partial charge in [-0.1, -0.05) is 12.8 Å². The van der Waals surface area contributed by atoms with E-state index in [1.54, 1.807) is 23.6 Å². The summed E-state index contributed by atoms with van der Waals surface area (Å²) in [5, 5.41) is 2.63. The standard InChI is InChI=1S/C14H22N2O4S/c1-9(14(19)20-2)15-12(17)11-7-21-8-16(11)13(18)10-5-3-4-6-10/h9-11H,3-8H2,1-2H3,(H,15,17)/t9-,11+/m0/s1. The van der Waals surface area contributed by atoms with E-state index in [1.807, 2.05) is 0 Å². The maximum atomic E-state index is 12.5. The van der Waals surface area contributed by atoms with Gasteiger partial charge in [0.25, 0.3) is 0 Å². The Morgan fingerprint density at radius 1 is 1.29 bits per heavy atom. The summed E-state index contributed by atoms with van der Waals surface area (Å²) >= 11 is 1.58. The quantitative estimate of drug-likeness (QED) is 0.775. The van der Waals surface area contributed by atoms with E-state index in [2.05, 4.69) is 10.1 Å². The van der Waals surface area contributed by atoms with Crippen molar-refractivity contribution >= 4 is 29.5 Å². The van der Waals surface area contributed by atoms with Gasteiger partial charge in [-0.25, -0.2) is 4.79 Å². The lowest BCUT2D eigenvalue weighted by Gasteiger charge is -2.26. The van der Waals surface area contributed by atoms with Crippen LogP contribution < -0.4 is 5.32 Å². The lowest BCUT2D eigenvalue weighted by Crippen LogP contribution is -2.52. The van der Waals surface area contributed by atoms with Gasteiger partial charge < -0.3 is 15.0 Å². The van der Waals surface area contributed by atoms with Gasteiger partial charge in [-0.3, -0.25) is 9.59 Å². The van der Waals surface area contributed by atoms with Crippen LogP contribution in [0.3, 0.4) is 0 Å². The minimum atomic E-state index is -0.698. The Hall–Kier alpha value is -1.24. The van der Waals surface area contributed by atoms with E-state index in [-0.39, 0.29) is 17.7 Å². The molecule has 0 unspecified atom stereocenters. The number of hydrogen-bond donors (Lipinski definition) is 1. The van der Waals surface area contributed by atoms with Gasteiger partial charge in [-0.15, -0.1) is 11.8 Å². The zero-order valence-corrected chi connectivity index (χ0v) is 13.3. The summed E-state index contributed by atoms with van der Waals surface area (Å²) < 4.78 is 4.59. The fourth-order valence-corrected chi connectivity index (χ4v) is 3.99. The van der Waals surface area contributed by atoms with Crippen LogP contribution in [-0.4, -0.2) is 53.5 Å². The van der Waals surface area contributed by atoms with Crippen molar-refractivity contribution in [1.82, 2.24) is 10.2 Å². The number of amides is 2. The molecule has 118 valence electrons. The summed E-state index contributed by atoms with van der Waals surface area (Å²) in [7, 11) is 1.28. The summed E-state index contributed by atoms with van der Waals surface area (Å²) in [5.41, 5.74) is 0. The number of carbonyl (C=O) groups excluding carboxylic acids is 3. The summed E-state index contributed by atoms with van der Waals surface area (Å²) in [6.45, 7) is 1.58. The fourth-order valence-electron chi connectivity index (χ4n) is 2.83. The molecule has 6 nitrogen and oxygen atoms in total. The third-order valence-electron chi connectivity index (χ3n) is 4.09. The molecule has 1 saturated heterocycles. The van der Waals surface area contributed by atoms with E-state index in [9.17, 15) is 14.4 Å². The molecule has 0 spiro atoms. The molecule has 2 aliphatic rings. The minimum absolute atomic E-state index is 0.0667. The molecule has 0 aromatic heterocycles. The zero-order chi connectivity index (χ0) is 15.4. The summed E-state index contributed by atoms with van der Waals surface area (Å²) in [5.74, 6) is 0.533. The second-order valence-electron chi connectivity index (χ2n) is 5.56. The van der Waals surface area contributed by atoms with Crippen LogP contribution in [0.2, 0.25) is 0 Å². The third-order valence-corrected chi connectivity index (χ3v) is 5.10. The number of ether oxygens (including phenoxy) is 1. The van der Waals surface area contributed by atoms with Crippen LogP contribution >= 0.6 is 11.8 Å². The first-order valence-corrected chi connectivity index (χ1v) is 8.46. The van der Waals surface area contributed by atoms with E-state index in [1.165, 1.54) is 7.11 Å². The number of carbonyl (C=O) groups is 3. The average Bonchev–Trinajstić information content (AvgIpc) is 3.16. The largest absolute Gasteiger partial charge is 0.467 e. The smallest absolute Gasteiger partial charge is 0.328 e. The van der Waals surface area contributed by atoms with Crippen LogP contribution in [0.25, 0.3) is 0 Å². The summed E-state index contributed by atoms with van der Waals surface area (Å²) in [6.07, 6.45) is 4.03. The van der Waals surface area contributed by atoms with Crippen LogP contribution in [0.1, 0.15) is 32.6 Å². The van der Waals surface area contributed by atoms with E-state index in [4.69, 9.17) is 0 Å². The SMILES string of the molecule is COC(=O)[C@H](C)NC(=O)[C@H]1CSCN1C(=O)C1CCCC1. The van der Waals surface area contributed by atoms with Crippen molar-refractivity contribution in [3.63, 3.8) is 0 Å². The van der Waals surface area contributed by atoms with Crippen molar-refractivity contribution in [3.05, 3.63) is 0 Å². The number of methoxy groups -OCH3 is 1. The molecule has 0 radical (unpaired) electrons. The zero-order valence-electron chi connectivity index (χ0n) is 12.5. The number of esters is 1. The topological polar surface area (TPSA) is 75.7 Å². The maximum Gasteiger partial charge on any atom is 0.328 e. The number of nitrogens with zero attached hydrogens (tertiary/aromatic N) is 1. The predicted molar refractivity (Wildman–Crippen MR) is 79.5 cm³/mol. The first kappa shape index (κ1) is 16.1. The van der Waals surface area contributed by atoms with E-state index < -0.39 is 18.1 Å². The molecular formula is C14H22N2O4S. The maximum absolute atomic E-state index is 12.5. The molecule has 0 bridgehead atoms. The Bertz CT molecular complexity index is 423. The highest BCUT2D eigenvalue weighted by atomic mass is 32.2. The van der Waals surface area contributed by atoms with Crippen molar-refractivity contribution in [2.45, 2.75) is 44.7 Å². The van der Waals surface area contributed by atoms with Gasteiger partial charge in [0.1, 0.15) is 12.1 Å². The van der Waals surface area contributed by atoms with Gasteiger partial charge in [0.05, 0.1) is 13.0 Å². The van der Waals surface area contributed by atoms with Crippen molar-refractivity contribution in [3.8, 4) is 0 Å². The molecule has 2 fully saturated rings. The lowest BCUT2D eigenvalue weighted by atomic mass is 10.1. The minimum Gasteiger partial charge on any atom is -0.467 e. The molecule has 1 aliphatic carbocycles. The van der Waals surface area contributed by atoms with E-state index in [0.29, 0.717) is 11.6 Å². The molecule has 2 atom stereocenters. The second kappa shape index (κ2) is 7.15. The fraction of sp³-hybridized carbons (Fsp3) is 0.786. The van der Waals surface area contributed by atoms with Gasteiger partial charge in [0, 0.05) is 11.7 Å². The van der Waals surface area contributed by atoms with Crippen LogP contribution in [0, 0.1) is 5.92 Å². The summed E-state index contributed by atoms with van der Waals surface area (Å²) in [6, 6.07) is -1.17. The molecule has 0 aromatic rings. The van der Waals surface area contributed by atoms with Gasteiger partial charge in [-0.05, 0) is 19.8 Å². The predicted octanol–water partition coefficient (Wildman–Crippen LogP) is 0.756. The van der Waals surface area contributed by atoms with Gasteiger partial charge in [-0.2, -0.15) is 0 Å². The highest BCUT2D eigenvalue weighted by molar-refractivity contribution is 7.99. The normalized spacial score (nSPS) is 23.9. The molecule has 1 N–H and O–H groups in total. The van der Waals surface area contributed by atoms with Crippen LogP contribution in [0.4, 0.5) is 0 Å².